The van der Waals surface area contributed by atoms with Crippen LogP contribution in [-0.4, -0.2) is 23.6 Å². The molecule has 0 aliphatic carbocycles. The lowest BCUT2D eigenvalue weighted by Gasteiger charge is -2.16. The Bertz CT molecular complexity index is 391. The van der Waals surface area contributed by atoms with Crippen molar-refractivity contribution in [2.24, 2.45) is 5.73 Å². The third kappa shape index (κ3) is 3.75. The van der Waals surface area contributed by atoms with Gasteiger partial charge in [0.2, 0.25) is 0 Å². The van der Waals surface area contributed by atoms with Crippen LogP contribution in [0.5, 0.6) is 5.75 Å². The lowest BCUT2D eigenvalue weighted by molar-refractivity contribution is 0.0934. The molecule has 1 atom stereocenters. The number of amides is 1. The van der Waals surface area contributed by atoms with E-state index in [9.17, 15) is 9.90 Å². The molecule has 0 fully saturated rings. The summed E-state index contributed by atoms with van der Waals surface area (Å²) in [5, 5.41) is 12.4. The number of hydrogen-bond acceptors (Lipinski definition) is 3. The number of hydrogen-bond donors (Lipinski definition) is 3. The standard InChI is InChI=1S/C13H20N2O2/c1-3-11(6-7-14)15-13(17)10-5-4-9(2)12(16)8-10/h4-5,8,11,16H,3,6-7,14H2,1-2H3,(H,15,17). The van der Waals surface area contributed by atoms with Crippen LogP contribution < -0.4 is 11.1 Å². The van der Waals surface area contributed by atoms with E-state index < -0.39 is 0 Å². The highest BCUT2D eigenvalue weighted by Crippen LogP contribution is 2.17. The fraction of sp³-hybridized carbons (Fsp3) is 0.462. The van der Waals surface area contributed by atoms with Crippen LogP contribution in [0.15, 0.2) is 18.2 Å². The van der Waals surface area contributed by atoms with Gasteiger partial charge in [-0.25, -0.2) is 0 Å². The second kappa shape index (κ2) is 6.25. The van der Waals surface area contributed by atoms with Crippen LogP contribution in [-0.2, 0) is 0 Å². The number of aromatic hydroxyl groups is 1. The molecule has 4 heteroatoms. The molecule has 0 saturated carbocycles. The van der Waals surface area contributed by atoms with Gasteiger partial charge in [-0.05, 0) is 44.0 Å². The predicted octanol–water partition coefficient (Wildman–Crippen LogP) is 1.56. The predicted molar refractivity (Wildman–Crippen MR) is 68.1 cm³/mol. The number of phenolic OH excluding ortho intramolecular Hbond substituents is 1. The Balaban J connectivity index is 2.72. The maximum absolute atomic E-state index is 11.9. The molecule has 1 unspecified atom stereocenters. The highest BCUT2D eigenvalue weighted by atomic mass is 16.3. The van der Waals surface area contributed by atoms with Crippen molar-refractivity contribution in [1.82, 2.24) is 5.32 Å². The third-order valence-electron chi connectivity index (χ3n) is 2.81. The van der Waals surface area contributed by atoms with Crippen molar-refractivity contribution < 1.29 is 9.90 Å². The summed E-state index contributed by atoms with van der Waals surface area (Å²) in [5.74, 6) is -0.0230. The molecule has 4 N–H and O–H groups in total. The van der Waals surface area contributed by atoms with Crippen LogP contribution in [0.25, 0.3) is 0 Å². The minimum Gasteiger partial charge on any atom is -0.508 e. The van der Waals surface area contributed by atoms with Gasteiger partial charge in [0.25, 0.3) is 5.91 Å². The molecule has 1 rings (SSSR count). The number of carbonyl (C=O) groups is 1. The van der Waals surface area contributed by atoms with Gasteiger partial charge in [-0.15, -0.1) is 0 Å². The summed E-state index contributed by atoms with van der Waals surface area (Å²) in [6.07, 6.45) is 1.61. The van der Waals surface area contributed by atoms with E-state index in [1.807, 2.05) is 6.92 Å². The Morgan fingerprint density at radius 3 is 2.76 bits per heavy atom. The molecule has 0 aliphatic rings. The Labute approximate surface area is 102 Å². The van der Waals surface area contributed by atoms with E-state index in [4.69, 9.17) is 5.73 Å². The van der Waals surface area contributed by atoms with Gasteiger partial charge in [-0.3, -0.25) is 4.79 Å². The smallest absolute Gasteiger partial charge is 0.251 e. The molecule has 0 aromatic heterocycles. The van der Waals surface area contributed by atoms with Crippen molar-refractivity contribution in [1.29, 1.82) is 0 Å². The van der Waals surface area contributed by atoms with E-state index >= 15 is 0 Å². The summed E-state index contributed by atoms with van der Waals surface area (Å²) >= 11 is 0. The molecule has 0 bridgehead atoms. The first-order valence-corrected chi connectivity index (χ1v) is 5.89. The van der Waals surface area contributed by atoms with Gasteiger partial charge < -0.3 is 16.2 Å². The summed E-state index contributed by atoms with van der Waals surface area (Å²) in [4.78, 5) is 11.9. The van der Waals surface area contributed by atoms with Gasteiger partial charge in [0.15, 0.2) is 0 Å². The van der Waals surface area contributed by atoms with Crippen LogP contribution in [0, 0.1) is 6.92 Å². The molecule has 4 nitrogen and oxygen atoms in total. The number of nitrogens with one attached hydrogen (secondary N) is 1. The zero-order chi connectivity index (χ0) is 12.8. The van der Waals surface area contributed by atoms with Crippen molar-refractivity contribution in [3.8, 4) is 5.75 Å². The fourth-order valence-corrected chi connectivity index (χ4v) is 1.60. The van der Waals surface area contributed by atoms with Gasteiger partial charge in [0.05, 0.1) is 0 Å². The summed E-state index contributed by atoms with van der Waals surface area (Å²) in [7, 11) is 0. The molecule has 0 heterocycles. The monoisotopic (exact) mass is 236 g/mol. The largest absolute Gasteiger partial charge is 0.508 e. The van der Waals surface area contributed by atoms with E-state index in [0.29, 0.717) is 12.1 Å². The first-order valence-electron chi connectivity index (χ1n) is 5.89. The molecule has 0 saturated heterocycles. The summed E-state index contributed by atoms with van der Waals surface area (Å²) in [5.41, 5.74) is 6.71. The Kier molecular flexibility index (Phi) is 4.97. The molecule has 94 valence electrons. The summed E-state index contributed by atoms with van der Waals surface area (Å²) in [6, 6.07) is 5.02. The molecule has 0 spiro atoms. The Hall–Kier alpha value is -1.55. The number of rotatable bonds is 5. The van der Waals surface area contributed by atoms with Gasteiger partial charge in [-0.1, -0.05) is 13.0 Å². The van der Waals surface area contributed by atoms with Crippen molar-refractivity contribution in [3.05, 3.63) is 29.3 Å². The minimum atomic E-state index is -0.166. The topological polar surface area (TPSA) is 75.3 Å². The summed E-state index contributed by atoms with van der Waals surface area (Å²) in [6.45, 7) is 4.35. The zero-order valence-electron chi connectivity index (χ0n) is 10.4. The van der Waals surface area contributed by atoms with E-state index in [-0.39, 0.29) is 17.7 Å². The summed E-state index contributed by atoms with van der Waals surface area (Å²) < 4.78 is 0. The third-order valence-corrected chi connectivity index (χ3v) is 2.81. The van der Waals surface area contributed by atoms with Crippen LogP contribution in [0.3, 0.4) is 0 Å². The normalized spacial score (nSPS) is 12.2. The molecular weight excluding hydrogens is 216 g/mol. The van der Waals surface area contributed by atoms with Gasteiger partial charge >= 0.3 is 0 Å². The first kappa shape index (κ1) is 13.5. The zero-order valence-corrected chi connectivity index (χ0v) is 10.4. The molecule has 1 aromatic carbocycles. The fourth-order valence-electron chi connectivity index (χ4n) is 1.60. The van der Waals surface area contributed by atoms with E-state index in [0.717, 1.165) is 18.4 Å². The van der Waals surface area contributed by atoms with E-state index in [1.54, 1.807) is 19.1 Å². The van der Waals surface area contributed by atoms with Crippen molar-refractivity contribution >= 4 is 5.91 Å². The van der Waals surface area contributed by atoms with Gasteiger partial charge in [0, 0.05) is 11.6 Å². The van der Waals surface area contributed by atoms with Gasteiger partial charge in [0.1, 0.15) is 5.75 Å². The molecule has 0 aliphatic heterocycles. The van der Waals surface area contributed by atoms with Crippen molar-refractivity contribution in [2.45, 2.75) is 32.7 Å². The maximum atomic E-state index is 11.9. The van der Waals surface area contributed by atoms with E-state index in [2.05, 4.69) is 5.32 Å². The highest BCUT2D eigenvalue weighted by Gasteiger charge is 2.12. The SMILES string of the molecule is CCC(CCN)NC(=O)c1ccc(C)c(O)c1. The average molecular weight is 236 g/mol. The highest BCUT2D eigenvalue weighted by molar-refractivity contribution is 5.94. The number of nitrogens with two attached hydrogens (primary N) is 1. The lowest BCUT2D eigenvalue weighted by atomic mass is 10.1. The second-order valence-corrected chi connectivity index (χ2v) is 4.16. The Morgan fingerprint density at radius 2 is 2.24 bits per heavy atom. The quantitative estimate of drug-likeness (QED) is 0.726. The molecule has 1 aromatic rings. The number of benzene rings is 1. The van der Waals surface area contributed by atoms with Crippen LogP contribution in [0.1, 0.15) is 35.7 Å². The van der Waals surface area contributed by atoms with E-state index in [1.165, 1.54) is 6.07 Å². The van der Waals surface area contributed by atoms with Crippen LogP contribution in [0.4, 0.5) is 0 Å². The first-order chi connectivity index (χ1) is 8.08. The second-order valence-electron chi connectivity index (χ2n) is 4.16. The van der Waals surface area contributed by atoms with Crippen molar-refractivity contribution in [3.63, 3.8) is 0 Å². The van der Waals surface area contributed by atoms with Crippen LogP contribution >= 0.6 is 0 Å². The molecule has 17 heavy (non-hydrogen) atoms. The lowest BCUT2D eigenvalue weighted by Crippen LogP contribution is -2.35. The number of aryl methyl sites for hydroxylation is 1. The Morgan fingerprint density at radius 1 is 1.53 bits per heavy atom. The average Bonchev–Trinajstić information content (AvgIpc) is 2.31. The number of phenols is 1. The molecule has 1 amide bonds. The molecule has 0 radical (unpaired) electrons. The minimum absolute atomic E-state index is 0.0935. The van der Waals surface area contributed by atoms with Gasteiger partial charge in [-0.2, -0.15) is 0 Å². The number of carbonyl (C=O) groups excluding carboxylic acids is 1. The maximum Gasteiger partial charge on any atom is 0.251 e. The van der Waals surface area contributed by atoms with Crippen LogP contribution in [0.2, 0.25) is 0 Å². The molecular formula is C13H20N2O2. The van der Waals surface area contributed by atoms with Crippen molar-refractivity contribution in [2.75, 3.05) is 6.54 Å².